The predicted molar refractivity (Wildman–Crippen MR) is 77.8 cm³/mol. The van der Waals surface area contributed by atoms with Crippen molar-refractivity contribution in [3.05, 3.63) is 35.6 Å². The van der Waals surface area contributed by atoms with Crippen LogP contribution in [-0.2, 0) is 4.79 Å². The van der Waals surface area contributed by atoms with Gasteiger partial charge in [-0.2, -0.15) is 13.2 Å². The van der Waals surface area contributed by atoms with Gasteiger partial charge in [-0.15, -0.1) is 0 Å². The second-order valence-electron chi connectivity index (χ2n) is 5.45. The standard InChI is InChI=1S/C15H15F4N3O3/c1-2-3-8-22-12(24)14(15(17,18)19,21-13(22)25)20-11(23)9-4-6-10(16)7-5-9/h4-7H,2-3,8H2,1H3,(H,20,23)(H,21,25)/t14-/m0/s1. The number of benzene rings is 1. The molecule has 25 heavy (non-hydrogen) atoms. The molecule has 1 fully saturated rings. The molecule has 0 aromatic heterocycles. The number of imide groups is 1. The molecule has 0 bridgehead atoms. The summed E-state index contributed by atoms with van der Waals surface area (Å²) in [7, 11) is 0. The van der Waals surface area contributed by atoms with E-state index < -0.39 is 35.5 Å². The minimum absolute atomic E-state index is 0.203. The Morgan fingerprint density at radius 2 is 1.84 bits per heavy atom. The zero-order valence-electron chi connectivity index (χ0n) is 13.1. The smallest absolute Gasteiger partial charge is 0.314 e. The van der Waals surface area contributed by atoms with Gasteiger partial charge in [0.1, 0.15) is 5.82 Å². The van der Waals surface area contributed by atoms with E-state index in [1.165, 1.54) is 5.32 Å². The number of hydrogen-bond acceptors (Lipinski definition) is 3. The molecule has 1 aliphatic heterocycles. The number of hydrogen-bond donors (Lipinski definition) is 2. The minimum atomic E-state index is -5.27. The maximum Gasteiger partial charge on any atom is 0.440 e. The highest BCUT2D eigenvalue weighted by Crippen LogP contribution is 2.34. The van der Waals surface area contributed by atoms with Crippen molar-refractivity contribution >= 4 is 17.8 Å². The second-order valence-corrected chi connectivity index (χ2v) is 5.45. The summed E-state index contributed by atoms with van der Waals surface area (Å²) in [6.45, 7) is 1.54. The normalized spacial score (nSPS) is 20.6. The van der Waals surface area contributed by atoms with Gasteiger partial charge >= 0.3 is 12.2 Å². The maximum atomic E-state index is 13.5. The van der Waals surface area contributed by atoms with E-state index in [0.29, 0.717) is 17.7 Å². The summed E-state index contributed by atoms with van der Waals surface area (Å²) < 4.78 is 53.5. The number of amides is 4. The van der Waals surface area contributed by atoms with E-state index in [4.69, 9.17) is 0 Å². The van der Waals surface area contributed by atoms with E-state index in [2.05, 4.69) is 0 Å². The quantitative estimate of drug-likeness (QED) is 0.623. The number of carbonyl (C=O) groups excluding carboxylic acids is 3. The lowest BCUT2D eigenvalue weighted by atomic mass is 10.1. The Bertz CT molecular complexity index is 690. The number of carbonyl (C=O) groups is 3. The van der Waals surface area contributed by atoms with Gasteiger partial charge in [-0.3, -0.25) is 19.8 Å². The molecule has 1 aliphatic rings. The first kappa shape index (κ1) is 18.7. The molecular weight excluding hydrogens is 346 g/mol. The third-order valence-electron chi connectivity index (χ3n) is 3.67. The van der Waals surface area contributed by atoms with Crippen molar-refractivity contribution in [3.63, 3.8) is 0 Å². The molecule has 0 spiro atoms. The fourth-order valence-corrected chi connectivity index (χ4v) is 2.29. The Morgan fingerprint density at radius 1 is 1.24 bits per heavy atom. The molecule has 6 nitrogen and oxygen atoms in total. The monoisotopic (exact) mass is 361 g/mol. The molecule has 136 valence electrons. The zero-order chi connectivity index (χ0) is 18.8. The Hall–Kier alpha value is -2.65. The second kappa shape index (κ2) is 6.69. The average Bonchev–Trinajstić information content (AvgIpc) is 2.77. The highest BCUT2D eigenvalue weighted by Gasteiger charge is 2.68. The van der Waals surface area contributed by atoms with Crippen molar-refractivity contribution < 1.29 is 31.9 Å². The van der Waals surface area contributed by atoms with Crippen molar-refractivity contribution in [1.82, 2.24) is 15.5 Å². The zero-order valence-corrected chi connectivity index (χ0v) is 13.1. The Kier molecular flexibility index (Phi) is 5.00. The third kappa shape index (κ3) is 3.42. The van der Waals surface area contributed by atoms with Gasteiger partial charge in [0.15, 0.2) is 0 Å². The predicted octanol–water partition coefficient (Wildman–Crippen LogP) is 2.17. The highest BCUT2D eigenvalue weighted by molar-refractivity contribution is 6.10. The van der Waals surface area contributed by atoms with Gasteiger partial charge < -0.3 is 5.32 Å². The van der Waals surface area contributed by atoms with E-state index >= 15 is 0 Å². The summed E-state index contributed by atoms with van der Waals surface area (Å²) >= 11 is 0. The van der Waals surface area contributed by atoms with E-state index in [9.17, 15) is 31.9 Å². The van der Waals surface area contributed by atoms with E-state index in [1.807, 2.05) is 0 Å². The lowest BCUT2D eigenvalue weighted by molar-refractivity contribution is -0.200. The SMILES string of the molecule is CCCCN1C(=O)N[C@](NC(=O)c2ccc(F)cc2)(C(F)(F)F)C1=O. The van der Waals surface area contributed by atoms with Gasteiger partial charge in [0, 0.05) is 12.1 Å². The van der Waals surface area contributed by atoms with Crippen LogP contribution in [0.1, 0.15) is 30.1 Å². The fourth-order valence-electron chi connectivity index (χ4n) is 2.29. The van der Waals surface area contributed by atoms with Crippen LogP contribution in [0.4, 0.5) is 22.4 Å². The average molecular weight is 361 g/mol. The van der Waals surface area contributed by atoms with Crippen LogP contribution in [0.2, 0.25) is 0 Å². The summed E-state index contributed by atoms with van der Waals surface area (Å²) in [6, 6.07) is 2.46. The van der Waals surface area contributed by atoms with Crippen molar-refractivity contribution in [3.8, 4) is 0 Å². The Morgan fingerprint density at radius 3 is 2.36 bits per heavy atom. The van der Waals surface area contributed by atoms with Gasteiger partial charge in [-0.1, -0.05) is 13.3 Å². The van der Waals surface area contributed by atoms with Crippen LogP contribution in [0.5, 0.6) is 0 Å². The van der Waals surface area contributed by atoms with E-state index in [-0.39, 0.29) is 12.1 Å². The minimum Gasteiger partial charge on any atom is -0.314 e. The first-order chi connectivity index (χ1) is 11.6. The molecule has 1 saturated heterocycles. The van der Waals surface area contributed by atoms with Gasteiger partial charge in [0.05, 0.1) is 0 Å². The van der Waals surface area contributed by atoms with Gasteiger partial charge in [-0.25, -0.2) is 9.18 Å². The van der Waals surface area contributed by atoms with Crippen molar-refractivity contribution in [2.24, 2.45) is 0 Å². The summed E-state index contributed by atoms with van der Waals surface area (Å²) in [5.41, 5.74) is -3.84. The van der Waals surface area contributed by atoms with Crippen LogP contribution in [-0.4, -0.2) is 41.1 Å². The molecule has 1 heterocycles. The molecule has 0 aliphatic carbocycles. The van der Waals surface area contributed by atoms with Crippen molar-refractivity contribution in [1.29, 1.82) is 0 Å². The first-order valence-electron chi connectivity index (χ1n) is 7.41. The van der Waals surface area contributed by atoms with Crippen LogP contribution in [0.15, 0.2) is 24.3 Å². The molecule has 2 N–H and O–H groups in total. The van der Waals surface area contributed by atoms with Gasteiger partial charge in [0.25, 0.3) is 17.5 Å². The van der Waals surface area contributed by atoms with Crippen molar-refractivity contribution in [2.75, 3.05) is 6.54 Å². The van der Waals surface area contributed by atoms with Gasteiger partial charge in [0.2, 0.25) is 0 Å². The fraction of sp³-hybridized carbons (Fsp3) is 0.400. The number of nitrogens with one attached hydrogen (secondary N) is 2. The number of halogens is 4. The van der Waals surface area contributed by atoms with Crippen LogP contribution < -0.4 is 10.6 Å². The topological polar surface area (TPSA) is 78.5 Å². The number of urea groups is 1. The summed E-state index contributed by atoms with van der Waals surface area (Å²) in [4.78, 5) is 36.6. The van der Waals surface area contributed by atoms with Crippen LogP contribution in [0.25, 0.3) is 0 Å². The highest BCUT2D eigenvalue weighted by atomic mass is 19.4. The lowest BCUT2D eigenvalue weighted by Crippen LogP contribution is -2.69. The van der Waals surface area contributed by atoms with Crippen molar-refractivity contribution in [2.45, 2.75) is 31.6 Å². The lowest BCUT2D eigenvalue weighted by Gasteiger charge is -2.29. The molecular formula is C15H15F4N3O3. The van der Waals surface area contributed by atoms with E-state index in [0.717, 1.165) is 24.3 Å². The molecule has 1 aromatic rings. The van der Waals surface area contributed by atoms with Gasteiger partial charge in [-0.05, 0) is 30.7 Å². The summed E-state index contributed by atoms with van der Waals surface area (Å²) in [6.07, 6.45) is -4.40. The number of rotatable bonds is 5. The summed E-state index contributed by atoms with van der Waals surface area (Å²) in [5.74, 6) is -3.56. The third-order valence-corrected chi connectivity index (χ3v) is 3.67. The molecule has 2 rings (SSSR count). The van der Waals surface area contributed by atoms with E-state index in [1.54, 1.807) is 12.2 Å². The molecule has 0 unspecified atom stereocenters. The number of unbranched alkanes of at least 4 members (excludes halogenated alkanes) is 1. The first-order valence-corrected chi connectivity index (χ1v) is 7.41. The molecule has 10 heteroatoms. The number of alkyl halides is 3. The number of nitrogens with zero attached hydrogens (tertiary/aromatic N) is 1. The largest absolute Gasteiger partial charge is 0.440 e. The molecule has 1 aromatic carbocycles. The van der Waals surface area contributed by atoms with Crippen LogP contribution in [0.3, 0.4) is 0 Å². The Balaban J connectivity index is 2.33. The molecule has 0 saturated carbocycles. The Labute approximate surface area is 140 Å². The molecule has 0 radical (unpaired) electrons. The van der Waals surface area contributed by atoms with Crippen LogP contribution in [0, 0.1) is 5.82 Å². The van der Waals surface area contributed by atoms with Crippen LogP contribution >= 0.6 is 0 Å². The molecule has 1 atom stereocenters. The maximum absolute atomic E-state index is 13.5. The summed E-state index contributed by atoms with van der Waals surface area (Å²) in [5, 5.41) is 3.08. The molecule has 4 amide bonds.